The third kappa shape index (κ3) is 5.38. The van der Waals surface area contributed by atoms with Crippen LogP contribution in [0.1, 0.15) is 19.4 Å². The molecule has 0 aliphatic heterocycles. The first-order valence-electron chi connectivity index (χ1n) is 7.44. The molecular weight excluding hydrogens is 260 g/mol. The third-order valence-corrected chi connectivity index (χ3v) is 3.04. The van der Waals surface area contributed by atoms with E-state index >= 15 is 0 Å². The lowest BCUT2D eigenvalue weighted by molar-refractivity contribution is 0.242. The molecule has 0 amide bonds. The summed E-state index contributed by atoms with van der Waals surface area (Å²) in [5, 5.41) is 6.79. The zero-order valence-electron chi connectivity index (χ0n) is 13.0. The Labute approximate surface area is 127 Å². The number of anilines is 2. The van der Waals surface area contributed by atoms with Crippen molar-refractivity contribution in [1.82, 2.24) is 0 Å². The van der Waals surface area contributed by atoms with E-state index in [1.165, 1.54) is 5.56 Å². The van der Waals surface area contributed by atoms with E-state index in [0.29, 0.717) is 0 Å². The van der Waals surface area contributed by atoms with Crippen molar-refractivity contribution in [2.45, 2.75) is 26.9 Å². The number of benzene rings is 2. The molecule has 0 atom stereocenters. The van der Waals surface area contributed by atoms with Gasteiger partial charge < -0.3 is 15.4 Å². The van der Waals surface area contributed by atoms with Crippen LogP contribution in [0.2, 0.25) is 0 Å². The summed E-state index contributed by atoms with van der Waals surface area (Å²) < 4.78 is 5.69. The fourth-order valence-electron chi connectivity index (χ4n) is 2.04. The van der Waals surface area contributed by atoms with E-state index in [2.05, 4.69) is 47.9 Å². The smallest absolute Gasteiger partial charge is 0.121 e. The van der Waals surface area contributed by atoms with Gasteiger partial charge in [-0.1, -0.05) is 23.8 Å². The summed E-state index contributed by atoms with van der Waals surface area (Å²) in [5.41, 5.74) is 3.51. The molecule has 0 radical (unpaired) electrons. The van der Waals surface area contributed by atoms with Gasteiger partial charge in [-0.3, -0.25) is 0 Å². The monoisotopic (exact) mass is 284 g/mol. The molecule has 0 aromatic heterocycles. The highest BCUT2D eigenvalue weighted by Crippen LogP contribution is 2.18. The van der Waals surface area contributed by atoms with Gasteiger partial charge in [0.15, 0.2) is 0 Å². The lowest BCUT2D eigenvalue weighted by Crippen LogP contribution is -2.13. The Kier molecular flexibility index (Phi) is 5.50. The number of rotatable bonds is 7. The Morgan fingerprint density at radius 2 is 1.57 bits per heavy atom. The molecule has 0 fully saturated rings. The van der Waals surface area contributed by atoms with Gasteiger partial charge in [-0.15, -0.1) is 0 Å². The number of aryl methyl sites for hydroxylation is 1. The number of hydrogen-bond donors (Lipinski definition) is 2. The zero-order chi connectivity index (χ0) is 15.1. The molecule has 0 heterocycles. The van der Waals surface area contributed by atoms with Crippen LogP contribution in [0.4, 0.5) is 11.4 Å². The van der Waals surface area contributed by atoms with Gasteiger partial charge in [0.05, 0.1) is 6.10 Å². The van der Waals surface area contributed by atoms with Gasteiger partial charge in [-0.25, -0.2) is 0 Å². The van der Waals surface area contributed by atoms with E-state index in [1.807, 2.05) is 32.0 Å². The summed E-state index contributed by atoms with van der Waals surface area (Å²) in [6, 6.07) is 16.5. The molecule has 0 saturated carbocycles. The zero-order valence-corrected chi connectivity index (χ0v) is 13.0. The van der Waals surface area contributed by atoms with Gasteiger partial charge in [0.2, 0.25) is 0 Å². The SMILES string of the molecule is Cc1ccc(NCCNc2cccc(OC(C)C)c2)cc1. The predicted octanol–water partition coefficient (Wildman–Crippen LogP) is 4.31. The topological polar surface area (TPSA) is 33.3 Å². The number of hydrogen-bond acceptors (Lipinski definition) is 3. The maximum Gasteiger partial charge on any atom is 0.121 e. The molecule has 2 rings (SSSR count). The van der Waals surface area contributed by atoms with E-state index in [9.17, 15) is 0 Å². The normalized spacial score (nSPS) is 10.5. The Bertz CT molecular complexity index is 549. The summed E-state index contributed by atoms with van der Waals surface area (Å²) in [6.45, 7) is 7.89. The predicted molar refractivity (Wildman–Crippen MR) is 90.4 cm³/mol. The summed E-state index contributed by atoms with van der Waals surface area (Å²) >= 11 is 0. The Morgan fingerprint density at radius 1 is 0.905 bits per heavy atom. The summed E-state index contributed by atoms with van der Waals surface area (Å²) in [7, 11) is 0. The molecule has 2 N–H and O–H groups in total. The first-order valence-corrected chi connectivity index (χ1v) is 7.44. The Balaban J connectivity index is 1.76. The minimum Gasteiger partial charge on any atom is -0.491 e. The molecule has 2 aromatic rings. The summed E-state index contributed by atoms with van der Waals surface area (Å²) in [5.74, 6) is 0.904. The van der Waals surface area contributed by atoms with E-state index < -0.39 is 0 Å². The van der Waals surface area contributed by atoms with Crippen LogP contribution >= 0.6 is 0 Å². The van der Waals surface area contributed by atoms with Gasteiger partial charge in [0, 0.05) is 30.5 Å². The first-order chi connectivity index (χ1) is 10.1. The highest BCUT2D eigenvalue weighted by atomic mass is 16.5. The second-order valence-corrected chi connectivity index (χ2v) is 5.41. The van der Waals surface area contributed by atoms with E-state index in [1.54, 1.807) is 0 Å². The van der Waals surface area contributed by atoms with Crippen LogP contribution in [0.3, 0.4) is 0 Å². The largest absolute Gasteiger partial charge is 0.491 e. The van der Waals surface area contributed by atoms with Crippen molar-refractivity contribution in [1.29, 1.82) is 0 Å². The Morgan fingerprint density at radius 3 is 2.24 bits per heavy atom. The quantitative estimate of drug-likeness (QED) is 0.743. The summed E-state index contributed by atoms with van der Waals surface area (Å²) in [4.78, 5) is 0. The molecule has 3 nitrogen and oxygen atoms in total. The fraction of sp³-hybridized carbons (Fsp3) is 0.333. The third-order valence-electron chi connectivity index (χ3n) is 3.04. The van der Waals surface area contributed by atoms with Crippen LogP contribution in [0.5, 0.6) is 5.75 Å². The average molecular weight is 284 g/mol. The van der Waals surface area contributed by atoms with Crippen LogP contribution in [0.25, 0.3) is 0 Å². The average Bonchev–Trinajstić information content (AvgIpc) is 2.45. The van der Waals surface area contributed by atoms with Crippen molar-refractivity contribution >= 4 is 11.4 Å². The lowest BCUT2D eigenvalue weighted by Gasteiger charge is -2.12. The Hall–Kier alpha value is -2.16. The summed E-state index contributed by atoms with van der Waals surface area (Å²) in [6.07, 6.45) is 0.198. The second-order valence-electron chi connectivity index (χ2n) is 5.41. The van der Waals surface area contributed by atoms with E-state index in [-0.39, 0.29) is 6.10 Å². The number of ether oxygens (including phenoxy) is 1. The van der Waals surface area contributed by atoms with Crippen molar-refractivity contribution in [3.63, 3.8) is 0 Å². The molecule has 2 aromatic carbocycles. The maximum atomic E-state index is 5.69. The van der Waals surface area contributed by atoms with Crippen molar-refractivity contribution in [3.8, 4) is 5.75 Å². The van der Waals surface area contributed by atoms with Gasteiger partial charge in [0.25, 0.3) is 0 Å². The lowest BCUT2D eigenvalue weighted by atomic mass is 10.2. The van der Waals surface area contributed by atoms with Crippen molar-refractivity contribution in [3.05, 3.63) is 54.1 Å². The van der Waals surface area contributed by atoms with Gasteiger partial charge in [-0.05, 0) is 45.0 Å². The van der Waals surface area contributed by atoms with Crippen LogP contribution in [0, 0.1) is 6.92 Å². The molecule has 0 spiro atoms. The van der Waals surface area contributed by atoms with Crippen LogP contribution < -0.4 is 15.4 Å². The van der Waals surface area contributed by atoms with E-state index in [4.69, 9.17) is 4.74 Å². The van der Waals surface area contributed by atoms with Crippen molar-refractivity contribution in [2.75, 3.05) is 23.7 Å². The van der Waals surface area contributed by atoms with Gasteiger partial charge in [0.1, 0.15) is 5.75 Å². The van der Waals surface area contributed by atoms with Crippen molar-refractivity contribution in [2.24, 2.45) is 0 Å². The van der Waals surface area contributed by atoms with Gasteiger partial charge >= 0.3 is 0 Å². The van der Waals surface area contributed by atoms with Crippen LogP contribution in [0.15, 0.2) is 48.5 Å². The molecule has 21 heavy (non-hydrogen) atoms. The molecule has 0 saturated heterocycles. The minimum atomic E-state index is 0.198. The van der Waals surface area contributed by atoms with Crippen LogP contribution in [-0.2, 0) is 0 Å². The second kappa shape index (κ2) is 7.58. The van der Waals surface area contributed by atoms with Gasteiger partial charge in [-0.2, -0.15) is 0 Å². The first kappa shape index (κ1) is 15.2. The maximum absolute atomic E-state index is 5.69. The molecule has 0 aliphatic carbocycles. The molecule has 0 bridgehead atoms. The molecule has 112 valence electrons. The molecular formula is C18H24N2O. The fourth-order valence-corrected chi connectivity index (χ4v) is 2.04. The standard InChI is InChI=1S/C18H24N2O/c1-14(2)21-18-6-4-5-17(13-18)20-12-11-19-16-9-7-15(3)8-10-16/h4-10,13-14,19-20H,11-12H2,1-3H3. The van der Waals surface area contributed by atoms with Crippen LogP contribution in [-0.4, -0.2) is 19.2 Å². The minimum absolute atomic E-state index is 0.198. The molecule has 0 unspecified atom stereocenters. The van der Waals surface area contributed by atoms with E-state index in [0.717, 1.165) is 30.2 Å². The van der Waals surface area contributed by atoms with Crippen molar-refractivity contribution < 1.29 is 4.74 Å². The number of nitrogens with one attached hydrogen (secondary N) is 2. The highest BCUT2D eigenvalue weighted by molar-refractivity contribution is 5.49. The highest BCUT2D eigenvalue weighted by Gasteiger charge is 1.99. The molecule has 0 aliphatic rings. The molecule has 3 heteroatoms.